The molecule has 1 N–H and O–H groups in total. The Labute approximate surface area is 162 Å². The van der Waals surface area contributed by atoms with Gasteiger partial charge in [-0.1, -0.05) is 17.3 Å². The van der Waals surface area contributed by atoms with E-state index in [2.05, 4.69) is 15.5 Å². The number of benzene rings is 1. The van der Waals surface area contributed by atoms with Crippen molar-refractivity contribution in [2.75, 3.05) is 13.1 Å². The molecule has 1 atom stereocenters. The van der Waals surface area contributed by atoms with Gasteiger partial charge in [-0.2, -0.15) is 0 Å². The van der Waals surface area contributed by atoms with Gasteiger partial charge in [-0.25, -0.2) is 4.98 Å². The van der Waals surface area contributed by atoms with Gasteiger partial charge in [-0.3, -0.25) is 9.59 Å². The van der Waals surface area contributed by atoms with Crippen molar-refractivity contribution in [1.82, 2.24) is 24.9 Å². The van der Waals surface area contributed by atoms with E-state index in [1.807, 2.05) is 47.6 Å². The normalized spacial score (nSPS) is 17.0. The zero-order chi connectivity index (χ0) is 19.7. The van der Waals surface area contributed by atoms with E-state index in [-0.39, 0.29) is 29.5 Å². The molecule has 0 radical (unpaired) electrons. The summed E-state index contributed by atoms with van der Waals surface area (Å²) in [5, 5.41) is 6.75. The molecule has 0 saturated carbocycles. The van der Waals surface area contributed by atoms with Gasteiger partial charge in [0, 0.05) is 37.5 Å². The maximum absolute atomic E-state index is 12.4. The highest BCUT2D eigenvalue weighted by Gasteiger charge is 2.31. The molecule has 146 valence electrons. The van der Waals surface area contributed by atoms with Crippen LogP contribution in [-0.2, 0) is 11.3 Å². The van der Waals surface area contributed by atoms with E-state index in [0.29, 0.717) is 31.8 Å². The summed E-state index contributed by atoms with van der Waals surface area (Å²) in [4.78, 5) is 30.5. The van der Waals surface area contributed by atoms with Crippen LogP contribution < -0.4 is 5.32 Å². The van der Waals surface area contributed by atoms with Crippen LogP contribution in [0.2, 0.25) is 0 Å². The molecular weight excluding hydrogens is 358 g/mol. The van der Waals surface area contributed by atoms with Crippen LogP contribution >= 0.6 is 0 Å². The highest BCUT2D eigenvalue weighted by molar-refractivity contribution is 5.92. The number of fused-ring (bicyclic) bond motifs is 1. The van der Waals surface area contributed by atoms with Gasteiger partial charge in [-0.05, 0) is 26.0 Å². The second kappa shape index (κ2) is 7.46. The molecule has 8 heteroatoms. The largest absolute Gasteiger partial charge is 0.359 e. The van der Waals surface area contributed by atoms with Crippen molar-refractivity contribution in [3.05, 3.63) is 48.1 Å². The Morgan fingerprint density at radius 1 is 1.36 bits per heavy atom. The zero-order valence-electron chi connectivity index (χ0n) is 16.0. The Bertz CT molecular complexity index is 1010. The highest BCUT2D eigenvalue weighted by atomic mass is 16.5. The van der Waals surface area contributed by atoms with Crippen LogP contribution in [0.3, 0.4) is 0 Å². The van der Waals surface area contributed by atoms with E-state index >= 15 is 0 Å². The minimum atomic E-state index is -0.291. The van der Waals surface area contributed by atoms with Crippen LogP contribution in [0.4, 0.5) is 0 Å². The molecule has 1 aliphatic rings. The summed E-state index contributed by atoms with van der Waals surface area (Å²) >= 11 is 0. The summed E-state index contributed by atoms with van der Waals surface area (Å²) in [5.41, 5.74) is 2.14. The van der Waals surface area contributed by atoms with E-state index in [1.165, 1.54) is 0 Å². The first-order chi connectivity index (χ1) is 13.5. The van der Waals surface area contributed by atoms with Crippen molar-refractivity contribution in [3.8, 4) is 0 Å². The molecule has 0 aliphatic carbocycles. The number of amides is 2. The maximum Gasteiger partial charge on any atom is 0.273 e. The lowest BCUT2D eigenvalue weighted by Gasteiger charge is -2.20. The molecule has 3 heterocycles. The first kappa shape index (κ1) is 18.2. The number of hydrogen-bond acceptors (Lipinski definition) is 5. The predicted molar refractivity (Wildman–Crippen MR) is 103 cm³/mol. The Hall–Kier alpha value is -3.16. The van der Waals surface area contributed by atoms with Crippen molar-refractivity contribution < 1.29 is 14.1 Å². The second-order valence-electron chi connectivity index (χ2n) is 7.46. The molecule has 0 unspecified atom stereocenters. The van der Waals surface area contributed by atoms with Gasteiger partial charge in [0.1, 0.15) is 0 Å². The van der Waals surface area contributed by atoms with Gasteiger partial charge in [0.25, 0.3) is 5.91 Å². The van der Waals surface area contributed by atoms with E-state index < -0.39 is 0 Å². The average molecular weight is 381 g/mol. The van der Waals surface area contributed by atoms with Gasteiger partial charge in [0.15, 0.2) is 11.5 Å². The summed E-state index contributed by atoms with van der Waals surface area (Å²) < 4.78 is 7.27. The van der Waals surface area contributed by atoms with Crippen LogP contribution in [-0.4, -0.2) is 50.6 Å². The average Bonchev–Trinajstić information content (AvgIpc) is 3.39. The third-order valence-electron chi connectivity index (χ3n) is 5.06. The molecule has 1 aromatic carbocycles. The molecule has 0 spiro atoms. The molecule has 8 nitrogen and oxygen atoms in total. The molecule has 2 amide bonds. The van der Waals surface area contributed by atoms with Crippen LogP contribution in [0.1, 0.15) is 36.5 Å². The minimum absolute atomic E-state index is 0.127. The second-order valence-corrected chi connectivity index (χ2v) is 7.46. The van der Waals surface area contributed by atoms with E-state index in [1.54, 1.807) is 12.4 Å². The molecule has 28 heavy (non-hydrogen) atoms. The highest BCUT2D eigenvalue weighted by Crippen LogP contribution is 2.19. The van der Waals surface area contributed by atoms with Crippen LogP contribution in [0.25, 0.3) is 11.0 Å². The summed E-state index contributed by atoms with van der Waals surface area (Å²) in [6, 6.07) is 9.65. The van der Waals surface area contributed by atoms with Gasteiger partial charge < -0.3 is 19.3 Å². The third-order valence-corrected chi connectivity index (χ3v) is 5.06. The number of hydrogen-bond donors (Lipinski definition) is 1. The Morgan fingerprint density at radius 2 is 2.18 bits per heavy atom. The Morgan fingerprint density at radius 3 is 2.96 bits per heavy atom. The lowest BCUT2D eigenvalue weighted by Crippen LogP contribution is -2.34. The molecule has 3 aromatic rings. The lowest BCUT2D eigenvalue weighted by atomic mass is 10.1. The quantitative estimate of drug-likeness (QED) is 0.705. The van der Waals surface area contributed by atoms with Crippen molar-refractivity contribution in [2.24, 2.45) is 5.92 Å². The Kier molecular flexibility index (Phi) is 4.85. The van der Waals surface area contributed by atoms with Gasteiger partial charge >= 0.3 is 0 Å². The fraction of sp³-hybridized carbons (Fsp3) is 0.400. The van der Waals surface area contributed by atoms with E-state index in [0.717, 1.165) is 11.0 Å². The molecule has 2 aromatic heterocycles. The van der Waals surface area contributed by atoms with Crippen molar-refractivity contribution in [1.29, 1.82) is 0 Å². The monoisotopic (exact) mass is 381 g/mol. The number of rotatable bonds is 6. The maximum atomic E-state index is 12.4. The SMILES string of the molecule is CC(C)N1C[C@H](CNC(=O)c2cc(Cn3cnc4ccccc43)on2)CC1=O. The number of aromatic nitrogens is 3. The molecule has 0 bridgehead atoms. The summed E-state index contributed by atoms with van der Waals surface area (Å²) in [6.45, 7) is 5.57. The summed E-state index contributed by atoms with van der Waals surface area (Å²) in [5.74, 6) is 0.560. The van der Waals surface area contributed by atoms with Gasteiger partial charge in [0.2, 0.25) is 5.91 Å². The van der Waals surface area contributed by atoms with Crippen molar-refractivity contribution in [2.45, 2.75) is 32.9 Å². The number of para-hydroxylation sites is 2. The standard InChI is InChI=1S/C20H23N5O3/c1-13(2)25-10-14(7-19(25)26)9-21-20(27)17-8-15(28-23-17)11-24-12-22-16-5-3-4-6-18(16)24/h3-6,8,12-14H,7,9-11H2,1-2H3,(H,21,27)/t14-/m0/s1. The number of likely N-dealkylation sites (tertiary alicyclic amines) is 1. The molecule has 1 saturated heterocycles. The third kappa shape index (κ3) is 3.62. The van der Waals surface area contributed by atoms with Crippen molar-refractivity contribution in [3.63, 3.8) is 0 Å². The smallest absolute Gasteiger partial charge is 0.273 e. The predicted octanol–water partition coefficient (Wildman–Crippen LogP) is 2.06. The first-order valence-corrected chi connectivity index (χ1v) is 9.44. The zero-order valence-corrected chi connectivity index (χ0v) is 16.0. The van der Waals surface area contributed by atoms with Crippen LogP contribution in [0.5, 0.6) is 0 Å². The molecule has 1 fully saturated rings. The van der Waals surface area contributed by atoms with Crippen LogP contribution in [0.15, 0.2) is 41.2 Å². The number of nitrogens with zero attached hydrogens (tertiary/aromatic N) is 4. The fourth-order valence-corrected chi connectivity index (χ4v) is 3.57. The number of nitrogens with one attached hydrogen (secondary N) is 1. The summed E-state index contributed by atoms with van der Waals surface area (Å²) in [7, 11) is 0. The van der Waals surface area contributed by atoms with E-state index in [9.17, 15) is 9.59 Å². The molecule has 4 rings (SSSR count). The molecule has 1 aliphatic heterocycles. The van der Waals surface area contributed by atoms with Crippen LogP contribution in [0, 0.1) is 5.92 Å². The van der Waals surface area contributed by atoms with Gasteiger partial charge in [0.05, 0.1) is 23.9 Å². The molecular formula is C20H23N5O3. The minimum Gasteiger partial charge on any atom is -0.359 e. The topological polar surface area (TPSA) is 93.3 Å². The first-order valence-electron chi connectivity index (χ1n) is 9.44. The van der Waals surface area contributed by atoms with E-state index in [4.69, 9.17) is 4.52 Å². The number of carbonyl (C=O) groups is 2. The fourth-order valence-electron chi connectivity index (χ4n) is 3.57. The summed E-state index contributed by atoms with van der Waals surface area (Å²) in [6.07, 6.45) is 2.21. The number of imidazole rings is 1. The Balaban J connectivity index is 1.35. The lowest BCUT2D eigenvalue weighted by molar-refractivity contribution is -0.129. The van der Waals surface area contributed by atoms with Gasteiger partial charge in [-0.15, -0.1) is 0 Å². The van der Waals surface area contributed by atoms with Crippen molar-refractivity contribution >= 4 is 22.8 Å². The number of carbonyl (C=O) groups excluding carboxylic acids is 2.